The predicted octanol–water partition coefficient (Wildman–Crippen LogP) is 1.37. The van der Waals surface area contributed by atoms with E-state index < -0.39 is 0 Å². The topological polar surface area (TPSA) is 32.8 Å². The minimum atomic E-state index is -0.0723. The van der Waals surface area contributed by atoms with Gasteiger partial charge in [0.05, 0.1) is 7.11 Å². The fourth-order valence-electron chi connectivity index (χ4n) is 2.15. The molecule has 1 heterocycles. The Labute approximate surface area is 114 Å². The molecule has 100 valence electrons. The molecule has 4 heteroatoms. The number of hydrogen-bond acceptors (Lipinski definition) is 3. The minimum absolute atomic E-state index is 0.0723. The second kappa shape index (κ2) is 6.14. The van der Waals surface area contributed by atoms with E-state index in [1.165, 1.54) is 0 Å². The maximum atomic E-state index is 11.6. The Morgan fingerprint density at radius 2 is 1.79 bits per heavy atom. The van der Waals surface area contributed by atoms with Crippen LogP contribution in [0.1, 0.15) is 6.92 Å². The number of amides is 1. The molecule has 1 aliphatic rings. The zero-order valence-corrected chi connectivity index (χ0v) is 11.3. The van der Waals surface area contributed by atoms with Gasteiger partial charge in [0.15, 0.2) is 0 Å². The standard InChI is InChI=1S/C15H18N2O2/c1-3-4-15(18)17-11-9-16(10-12-17)13-5-7-14(19-2)8-6-13/h5-8H,9-12H2,1-2H3. The summed E-state index contributed by atoms with van der Waals surface area (Å²) in [5.74, 6) is 6.02. The van der Waals surface area contributed by atoms with Crippen molar-refractivity contribution in [2.45, 2.75) is 6.92 Å². The number of ether oxygens (including phenoxy) is 1. The van der Waals surface area contributed by atoms with Gasteiger partial charge in [0.1, 0.15) is 5.75 Å². The summed E-state index contributed by atoms with van der Waals surface area (Å²) in [6.45, 7) is 4.80. The molecule has 4 nitrogen and oxygen atoms in total. The van der Waals surface area contributed by atoms with E-state index in [2.05, 4.69) is 16.7 Å². The van der Waals surface area contributed by atoms with Crippen LogP contribution in [0, 0.1) is 11.8 Å². The molecule has 0 saturated carbocycles. The highest BCUT2D eigenvalue weighted by Gasteiger charge is 2.19. The molecule has 0 radical (unpaired) electrons. The van der Waals surface area contributed by atoms with Crippen LogP contribution in [-0.2, 0) is 4.79 Å². The first kappa shape index (κ1) is 13.3. The molecular weight excluding hydrogens is 240 g/mol. The molecule has 1 fully saturated rings. The summed E-state index contributed by atoms with van der Waals surface area (Å²) >= 11 is 0. The Hall–Kier alpha value is -2.15. The Kier molecular flexibility index (Phi) is 4.30. The van der Waals surface area contributed by atoms with Crippen LogP contribution in [0.4, 0.5) is 5.69 Å². The van der Waals surface area contributed by atoms with Gasteiger partial charge in [0.25, 0.3) is 5.91 Å². The third-order valence-electron chi connectivity index (χ3n) is 3.24. The highest BCUT2D eigenvalue weighted by atomic mass is 16.5. The molecule has 1 aromatic rings. The molecular formula is C15H18N2O2. The van der Waals surface area contributed by atoms with Gasteiger partial charge in [-0.2, -0.15) is 0 Å². The molecule has 0 N–H and O–H groups in total. The van der Waals surface area contributed by atoms with Crippen molar-refractivity contribution in [2.75, 3.05) is 38.2 Å². The van der Waals surface area contributed by atoms with Crippen molar-refractivity contribution in [3.05, 3.63) is 24.3 Å². The summed E-state index contributed by atoms with van der Waals surface area (Å²) in [5.41, 5.74) is 1.16. The summed E-state index contributed by atoms with van der Waals surface area (Å²) in [4.78, 5) is 15.7. The first-order valence-corrected chi connectivity index (χ1v) is 6.35. The lowest BCUT2D eigenvalue weighted by molar-refractivity contribution is -0.125. The third-order valence-corrected chi connectivity index (χ3v) is 3.24. The van der Waals surface area contributed by atoms with E-state index in [4.69, 9.17) is 4.74 Å². The minimum Gasteiger partial charge on any atom is -0.497 e. The van der Waals surface area contributed by atoms with Gasteiger partial charge >= 0.3 is 0 Å². The van der Waals surface area contributed by atoms with Crippen LogP contribution in [-0.4, -0.2) is 44.1 Å². The quantitative estimate of drug-likeness (QED) is 0.751. The van der Waals surface area contributed by atoms with Gasteiger partial charge in [0.2, 0.25) is 0 Å². The lowest BCUT2D eigenvalue weighted by atomic mass is 10.2. The highest BCUT2D eigenvalue weighted by molar-refractivity contribution is 5.93. The largest absolute Gasteiger partial charge is 0.497 e. The lowest BCUT2D eigenvalue weighted by Crippen LogP contribution is -2.48. The van der Waals surface area contributed by atoms with Crippen molar-refractivity contribution in [3.63, 3.8) is 0 Å². The number of nitrogens with zero attached hydrogens (tertiary/aromatic N) is 2. The van der Waals surface area contributed by atoms with Crippen LogP contribution in [0.2, 0.25) is 0 Å². The summed E-state index contributed by atoms with van der Waals surface area (Å²) < 4.78 is 5.15. The SMILES string of the molecule is CC#CC(=O)N1CCN(c2ccc(OC)cc2)CC1. The van der Waals surface area contributed by atoms with Crippen molar-refractivity contribution in [2.24, 2.45) is 0 Å². The monoisotopic (exact) mass is 258 g/mol. The number of piperazine rings is 1. The van der Waals surface area contributed by atoms with Gasteiger partial charge in [-0.1, -0.05) is 5.92 Å². The molecule has 0 atom stereocenters. The van der Waals surface area contributed by atoms with E-state index in [9.17, 15) is 4.79 Å². The molecule has 1 saturated heterocycles. The molecule has 0 bridgehead atoms. The highest BCUT2D eigenvalue weighted by Crippen LogP contribution is 2.20. The van der Waals surface area contributed by atoms with Gasteiger partial charge in [-0.05, 0) is 37.1 Å². The lowest BCUT2D eigenvalue weighted by Gasteiger charge is -2.35. The van der Waals surface area contributed by atoms with Crippen LogP contribution in [0.5, 0.6) is 5.75 Å². The number of rotatable bonds is 2. The zero-order valence-electron chi connectivity index (χ0n) is 11.3. The first-order chi connectivity index (χ1) is 9.24. The van der Waals surface area contributed by atoms with Gasteiger partial charge < -0.3 is 14.5 Å². The third kappa shape index (κ3) is 3.19. The van der Waals surface area contributed by atoms with Crippen LogP contribution >= 0.6 is 0 Å². The molecule has 1 aliphatic heterocycles. The van der Waals surface area contributed by atoms with E-state index >= 15 is 0 Å². The predicted molar refractivity (Wildman–Crippen MR) is 75.2 cm³/mol. The van der Waals surface area contributed by atoms with E-state index in [0.29, 0.717) is 0 Å². The normalized spacial score (nSPS) is 14.6. The Morgan fingerprint density at radius 3 is 2.32 bits per heavy atom. The van der Waals surface area contributed by atoms with Gasteiger partial charge in [-0.25, -0.2) is 0 Å². The van der Waals surface area contributed by atoms with Crippen molar-refractivity contribution >= 4 is 11.6 Å². The number of benzene rings is 1. The van der Waals surface area contributed by atoms with Gasteiger partial charge in [-0.15, -0.1) is 0 Å². The first-order valence-electron chi connectivity index (χ1n) is 6.35. The summed E-state index contributed by atoms with van der Waals surface area (Å²) in [7, 11) is 1.66. The number of carbonyl (C=O) groups is 1. The van der Waals surface area contributed by atoms with Crippen molar-refractivity contribution in [3.8, 4) is 17.6 Å². The summed E-state index contributed by atoms with van der Waals surface area (Å²) in [6.07, 6.45) is 0. The average Bonchev–Trinajstić information content (AvgIpc) is 2.48. The van der Waals surface area contributed by atoms with Gasteiger partial charge in [-0.3, -0.25) is 4.79 Å². The average molecular weight is 258 g/mol. The van der Waals surface area contributed by atoms with Crippen LogP contribution < -0.4 is 9.64 Å². The van der Waals surface area contributed by atoms with E-state index in [1.54, 1.807) is 18.9 Å². The van der Waals surface area contributed by atoms with E-state index in [1.807, 2.05) is 24.3 Å². The molecule has 0 unspecified atom stereocenters. The summed E-state index contributed by atoms with van der Waals surface area (Å²) in [5, 5.41) is 0. The van der Waals surface area contributed by atoms with Crippen LogP contribution in [0.25, 0.3) is 0 Å². The number of carbonyl (C=O) groups excluding carboxylic acids is 1. The molecule has 0 aromatic heterocycles. The second-order valence-electron chi connectivity index (χ2n) is 4.35. The second-order valence-corrected chi connectivity index (χ2v) is 4.35. The molecule has 0 aliphatic carbocycles. The maximum Gasteiger partial charge on any atom is 0.298 e. The van der Waals surface area contributed by atoms with Crippen LogP contribution in [0.3, 0.4) is 0 Å². The Morgan fingerprint density at radius 1 is 1.16 bits per heavy atom. The smallest absolute Gasteiger partial charge is 0.298 e. The summed E-state index contributed by atoms with van der Waals surface area (Å²) in [6, 6.07) is 8.00. The Balaban J connectivity index is 1.95. The number of anilines is 1. The number of methoxy groups -OCH3 is 1. The van der Waals surface area contributed by atoms with Crippen molar-refractivity contribution in [1.29, 1.82) is 0 Å². The molecule has 1 amide bonds. The molecule has 1 aromatic carbocycles. The Bertz CT molecular complexity index is 491. The van der Waals surface area contributed by atoms with Crippen molar-refractivity contribution in [1.82, 2.24) is 4.90 Å². The van der Waals surface area contributed by atoms with Crippen molar-refractivity contribution < 1.29 is 9.53 Å². The zero-order chi connectivity index (χ0) is 13.7. The fourth-order valence-corrected chi connectivity index (χ4v) is 2.15. The maximum absolute atomic E-state index is 11.6. The van der Waals surface area contributed by atoms with E-state index in [-0.39, 0.29) is 5.91 Å². The fraction of sp³-hybridized carbons (Fsp3) is 0.400. The molecule has 2 rings (SSSR count). The van der Waals surface area contributed by atoms with Crippen LogP contribution in [0.15, 0.2) is 24.3 Å². The molecule has 0 spiro atoms. The number of hydrogen-bond donors (Lipinski definition) is 0. The van der Waals surface area contributed by atoms with Gasteiger partial charge in [0, 0.05) is 31.9 Å². The molecule has 19 heavy (non-hydrogen) atoms. The van der Waals surface area contributed by atoms with E-state index in [0.717, 1.165) is 37.6 Å².